The number of nitrogens with one attached hydrogen (secondary N) is 1. The number of carbonyl (C=O) groups is 3. The van der Waals surface area contributed by atoms with Crippen molar-refractivity contribution < 1.29 is 19.3 Å². The lowest BCUT2D eigenvalue weighted by atomic mass is 10.2. The first kappa shape index (κ1) is 19.3. The maximum absolute atomic E-state index is 12.5. The van der Waals surface area contributed by atoms with Crippen molar-refractivity contribution >= 4 is 46.3 Å². The molecular formula is C19H15N3O5S. The second-order valence-electron chi connectivity index (χ2n) is 5.98. The van der Waals surface area contributed by atoms with E-state index >= 15 is 0 Å². The number of aryl methyl sites for hydroxylation is 1. The van der Waals surface area contributed by atoms with Crippen molar-refractivity contribution in [1.82, 2.24) is 4.90 Å². The standard InChI is InChI=1S/C19H15N3O5S/c1-12-5-2-3-8-15(12)20-17(23)11-21-18(24)16(28-19(21)25)10-13-6-4-7-14(9-13)22(26)27/h2-10H,11H2,1H3,(H,20,23)/b16-10-. The number of imide groups is 1. The van der Waals surface area contributed by atoms with E-state index in [0.717, 1.165) is 10.5 Å². The van der Waals surface area contributed by atoms with Crippen LogP contribution in [0.1, 0.15) is 11.1 Å². The van der Waals surface area contributed by atoms with Crippen LogP contribution in [0.5, 0.6) is 0 Å². The number of nitro groups is 1. The zero-order valence-electron chi connectivity index (χ0n) is 14.7. The summed E-state index contributed by atoms with van der Waals surface area (Å²) in [6, 6.07) is 12.9. The zero-order valence-corrected chi connectivity index (χ0v) is 15.6. The number of thioether (sulfide) groups is 1. The lowest BCUT2D eigenvalue weighted by Crippen LogP contribution is -2.36. The van der Waals surface area contributed by atoms with Crippen molar-refractivity contribution in [2.75, 3.05) is 11.9 Å². The third-order valence-corrected chi connectivity index (χ3v) is 4.88. The predicted octanol–water partition coefficient (Wildman–Crippen LogP) is 3.58. The van der Waals surface area contributed by atoms with Crippen LogP contribution in [0.2, 0.25) is 0 Å². The van der Waals surface area contributed by atoms with Crippen LogP contribution < -0.4 is 5.32 Å². The molecule has 1 heterocycles. The molecule has 0 radical (unpaired) electrons. The van der Waals surface area contributed by atoms with Gasteiger partial charge < -0.3 is 5.32 Å². The number of para-hydroxylation sites is 1. The molecule has 2 aromatic rings. The molecule has 2 aromatic carbocycles. The van der Waals surface area contributed by atoms with Gasteiger partial charge in [-0.1, -0.05) is 30.3 Å². The van der Waals surface area contributed by atoms with Crippen LogP contribution in [0.4, 0.5) is 16.2 Å². The molecule has 0 saturated carbocycles. The average Bonchev–Trinajstić information content (AvgIpc) is 2.91. The predicted molar refractivity (Wildman–Crippen MR) is 106 cm³/mol. The largest absolute Gasteiger partial charge is 0.324 e. The molecule has 1 fully saturated rings. The van der Waals surface area contributed by atoms with Crippen LogP contribution in [0.15, 0.2) is 53.4 Å². The van der Waals surface area contributed by atoms with E-state index in [1.165, 1.54) is 24.3 Å². The fourth-order valence-electron chi connectivity index (χ4n) is 2.56. The van der Waals surface area contributed by atoms with Gasteiger partial charge in [0.1, 0.15) is 6.54 Å². The van der Waals surface area contributed by atoms with Crippen LogP contribution in [0, 0.1) is 17.0 Å². The zero-order chi connectivity index (χ0) is 20.3. The fraction of sp³-hybridized carbons (Fsp3) is 0.105. The Hall–Kier alpha value is -3.46. The molecule has 9 heteroatoms. The minimum absolute atomic E-state index is 0.106. The Bertz CT molecular complexity index is 1020. The topological polar surface area (TPSA) is 110 Å². The molecule has 0 bridgehead atoms. The van der Waals surface area contributed by atoms with Gasteiger partial charge >= 0.3 is 0 Å². The normalized spacial score (nSPS) is 15.2. The summed E-state index contributed by atoms with van der Waals surface area (Å²) in [7, 11) is 0. The molecule has 28 heavy (non-hydrogen) atoms. The van der Waals surface area contributed by atoms with Gasteiger partial charge in [0.25, 0.3) is 16.8 Å². The summed E-state index contributed by atoms with van der Waals surface area (Å²) >= 11 is 0.691. The number of hydrogen-bond acceptors (Lipinski definition) is 6. The number of nitrogens with zero attached hydrogens (tertiary/aromatic N) is 2. The van der Waals surface area contributed by atoms with Crippen molar-refractivity contribution in [2.24, 2.45) is 0 Å². The highest BCUT2D eigenvalue weighted by atomic mass is 32.2. The smallest absolute Gasteiger partial charge is 0.294 e. The summed E-state index contributed by atoms with van der Waals surface area (Å²) in [5.41, 5.74) is 1.76. The number of nitro benzene ring substituents is 1. The van der Waals surface area contributed by atoms with Gasteiger partial charge in [0, 0.05) is 17.8 Å². The molecule has 142 valence electrons. The summed E-state index contributed by atoms with van der Waals surface area (Å²) in [5, 5.41) is 13.0. The first-order valence-electron chi connectivity index (χ1n) is 8.20. The Labute approximate surface area is 164 Å². The Morgan fingerprint density at radius 1 is 1.21 bits per heavy atom. The van der Waals surface area contributed by atoms with E-state index < -0.39 is 28.5 Å². The molecular weight excluding hydrogens is 382 g/mol. The molecule has 0 aromatic heterocycles. The average molecular weight is 397 g/mol. The summed E-state index contributed by atoms with van der Waals surface area (Å²) < 4.78 is 0. The van der Waals surface area contributed by atoms with Crippen LogP contribution in [-0.4, -0.2) is 33.4 Å². The first-order valence-corrected chi connectivity index (χ1v) is 9.02. The van der Waals surface area contributed by atoms with Gasteiger partial charge in [-0.05, 0) is 42.0 Å². The second-order valence-corrected chi connectivity index (χ2v) is 6.98. The van der Waals surface area contributed by atoms with Gasteiger partial charge in [-0.25, -0.2) is 0 Å². The van der Waals surface area contributed by atoms with Crippen molar-refractivity contribution in [3.63, 3.8) is 0 Å². The van der Waals surface area contributed by atoms with E-state index in [0.29, 0.717) is 23.0 Å². The van der Waals surface area contributed by atoms with E-state index in [9.17, 15) is 24.5 Å². The highest BCUT2D eigenvalue weighted by Crippen LogP contribution is 2.32. The minimum atomic E-state index is -0.610. The molecule has 0 atom stereocenters. The van der Waals surface area contributed by atoms with Gasteiger partial charge in [-0.15, -0.1) is 0 Å². The number of anilines is 1. The van der Waals surface area contributed by atoms with E-state index in [2.05, 4.69) is 5.32 Å². The number of carbonyl (C=O) groups excluding carboxylic acids is 3. The van der Waals surface area contributed by atoms with Crippen molar-refractivity contribution in [3.8, 4) is 0 Å². The number of non-ortho nitro benzene ring substituents is 1. The van der Waals surface area contributed by atoms with E-state index in [1.54, 1.807) is 18.2 Å². The number of hydrogen-bond donors (Lipinski definition) is 1. The molecule has 8 nitrogen and oxygen atoms in total. The quantitative estimate of drug-likeness (QED) is 0.469. The number of amides is 3. The highest BCUT2D eigenvalue weighted by Gasteiger charge is 2.36. The third kappa shape index (κ3) is 4.26. The minimum Gasteiger partial charge on any atom is -0.324 e. The van der Waals surface area contributed by atoms with E-state index in [4.69, 9.17) is 0 Å². The van der Waals surface area contributed by atoms with Gasteiger partial charge in [0.15, 0.2) is 0 Å². The van der Waals surface area contributed by atoms with Gasteiger partial charge in [-0.3, -0.25) is 29.4 Å². The summed E-state index contributed by atoms with van der Waals surface area (Å²) in [6.07, 6.45) is 1.40. The van der Waals surface area contributed by atoms with Crippen molar-refractivity contribution in [2.45, 2.75) is 6.92 Å². The van der Waals surface area contributed by atoms with Crippen LogP contribution in [-0.2, 0) is 9.59 Å². The summed E-state index contributed by atoms with van der Waals surface area (Å²) in [6.45, 7) is 1.42. The van der Waals surface area contributed by atoms with Crippen molar-refractivity contribution in [1.29, 1.82) is 0 Å². The Morgan fingerprint density at radius 2 is 1.96 bits per heavy atom. The van der Waals surface area contributed by atoms with Crippen LogP contribution in [0.3, 0.4) is 0 Å². The second kappa shape index (κ2) is 8.05. The Balaban J connectivity index is 1.73. The maximum atomic E-state index is 12.5. The molecule has 0 unspecified atom stereocenters. The van der Waals surface area contributed by atoms with Gasteiger partial charge in [0.05, 0.1) is 9.83 Å². The van der Waals surface area contributed by atoms with Crippen LogP contribution in [0.25, 0.3) is 6.08 Å². The summed E-state index contributed by atoms with van der Waals surface area (Å²) in [4.78, 5) is 48.2. The molecule has 0 spiro atoms. The monoisotopic (exact) mass is 397 g/mol. The summed E-state index contributed by atoms with van der Waals surface area (Å²) in [5.74, 6) is -1.10. The molecule has 1 aliphatic rings. The van der Waals surface area contributed by atoms with Crippen molar-refractivity contribution in [3.05, 3.63) is 74.7 Å². The van der Waals surface area contributed by atoms with Crippen LogP contribution >= 0.6 is 11.8 Å². The SMILES string of the molecule is Cc1ccccc1NC(=O)CN1C(=O)S/C(=C\c2cccc([N+](=O)[O-])c2)C1=O. The van der Waals surface area contributed by atoms with Gasteiger partial charge in [-0.2, -0.15) is 0 Å². The molecule has 3 amide bonds. The third-order valence-electron chi connectivity index (χ3n) is 3.97. The maximum Gasteiger partial charge on any atom is 0.294 e. The molecule has 1 aliphatic heterocycles. The molecule has 1 saturated heterocycles. The molecule has 1 N–H and O–H groups in total. The van der Waals surface area contributed by atoms with Gasteiger partial charge in [0.2, 0.25) is 5.91 Å². The first-order chi connectivity index (χ1) is 13.3. The molecule has 3 rings (SSSR count). The van der Waals surface area contributed by atoms with E-state index in [1.807, 2.05) is 19.1 Å². The highest BCUT2D eigenvalue weighted by molar-refractivity contribution is 8.18. The lowest BCUT2D eigenvalue weighted by molar-refractivity contribution is -0.384. The Morgan fingerprint density at radius 3 is 2.68 bits per heavy atom. The fourth-order valence-corrected chi connectivity index (χ4v) is 3.40. The van der Waals surface area contributed by atoms with E-state index in [-0.39, 0.29) is 10.6 Å². The number of benzene rings is 2. The number of rotatable bonds is 5. The molecule has 0 aliphatic carbocycles. The lowest BCUT2D eigenvalue weighted by Gasteiger charge is -2.13. The Kier molecular flexibility index (Phi) is 5.55.